The molecule has 0 fully saturated rings. The largest absolute Gasteiger partial charge is 0.325 e. The zero-order valence-corrected chi connectivity index (χ0v) is 11.7. The van der Waals surface area contributed by atoms with Gasteiger partial charge in [-0.2, -0.15) is 0 Å². The van der Waals surface area contributed by atoms with Crippen LogP contribution in [0.5, 0.6) is 0 Å². The molecule has 0 saturated heterocycles. The number of nitrogens with two attached hydrogens (primary N) is 1. The van der Waals surface area contributed by atoms with E-state index in [0.717, 1.165) is 6.42 Å². The van der Waals surface area contributed by atoms with Gasteiger partial charge in [0.1, 0.15) is 0 Å². The highest BCUT2D eigenvalue weighted by atomic mass is 35.5. The van der Waals surface area contributed by atoms with E-state index in [2.05, 4.69) is 5.32 Å². The van der Waals surface area contributed by atoms with Crippen LogP contribution >= 0.6 is 11.6 Å². The molecule has 0 saturated carbocycles. The lowest BCUT2D eigenvalue weighted by atomic mass is 10.2. The van der Waals surface area contributed by atoms with Gasteiger partial charge in [-0.05, 0) is 31.0 Å². The summed E-state index contributed by atoms with van der Waals surface area (Å²) >= 11 is 5.95. The number of rotatable bonds is 4. The number of primary sulfonamides is 1. The van der Waals surface area contributed by atoms with Crippen LogP contribution in [0.4, 0.5) is 5.69 Å². The SMILES string of the molecule is CCCC(=O)Nc1c(C)cc(S(N)(=O)=O)cc1Cl. The van der Waals surface area contributed by atoms with Gasteiger partial charge in [0.2, 0.25) is 15.9 Å². The van der Waals surface area contributed by atoms with Crippen molar-refractivity contribution >= 4 is 33.2 Å². The Bertz CT molecular complexity index is 547. The van der Waals surface area contributed by atoms with Crippen LogP contribution in [-0.4, -0.2) is 14.3 Å². The first-order chi connectivity index (χ1) is 8.25. The number of carbonyl (C=O) groups is 1. The maximum Gasteiger partial charge on any atom is 0.238 e. The molecule has 100 valence electrons. The summed E-state index contributed by atoms with van der Waals surface area (Å²) < 4.78 is 22.4. The van der Waals surface area contributed by atoms with Gasteiger partial charge in [0, 0.05) is 6.42 Å². The van der Waals surface area contributed by atoms with Gasteiger partial charge in [0.15, 0.2) is 0 Å². The molecule has 0 bridgehead atoms. The number of halogens is 1. The Morgan fingerprint density at radius 1 is 1.44 bits per heavy atom. The van der Waals surface area contributed by atoms with Crippen LogP contribution in [0.3, 0.4) is 0 Å². The monoisotopic (exact) mass is 290 g/mol. The van der Waals surface area contributed by atoms with Crippen LogP contribution in [0.1, 0.15) is 25.3 Å². The minimum Gasteiger partial charge on any atom is -0.325 e. The first kappa shape index (κ1) is 14.9. The Balaban J connectivity index is 3.13. The van der Waals surface area contributed by atoms with Crippen molar-refractivity contribution < 1.29 is 13.2 Å². The number of carbonyl (C=O) groups excluding carboxylic acids is 1. The molecular formula is C11H15ClN2O3S. The lowest BCUT2D eigenvalue weighted by molar-refractivity contribution is -0.116. The summed E-state index contributed by atoms with van der Waals surface area (Å²) in [5, 5.41) is 7.83. The third-order valence-electron chi connectivity index (χ3n) is 2.33. The average Bonchev–Trinajstić information content (AvgIpc) is 2.22. The van der Waals surface area contributed by atoms with Gasteiger partial charge in [-0.1, -0.05) is 18.5 Å². The molecule has 0 spiro atoms. The molecule has 1 aromatic rings. The average molecular weight is 291 g/mol. The van der Waals surface area contributed by atoms with Gasteiger partial charge < -0.3 is 5.32 Å². The number of hydrogen-bond donors (Lipinski definition) is 2. The Kier molecular flexibility index (Phi) is 4.72. The van der Waals surface area contributed by atoms with Gasteiger partial charge in [-0.15, -0.1) is 0 Å². The molecule has 0 aliphatic heterocycles. The van der Waals surface area contributed by atoms with Crippen LogP contribution in [0.2, 0.25) is 5.02 Å². The highest BCUT2D eigenvalue weighted by molar-refractivity contribution is 7.89. The zero-order valence-electron chi connectivity index (χ0n) is 10.2. The number of hydrogen-bond acceptors (Lipinski definition) is 3. The van der Waals surface area contributed by atoms with E-state index in [4.69, 9.17) is 16.7 Å². The quantitative estimate of drug-likeness (QED) is 0.889. The number of anilines is 1. The maximum atomic E-state index is 11.5. The lowest BCUT2D eigenvalue weighted by Crippen LogP contribution is -2.15. The molecule has 1 amide bonds. The Hall–Kier alpha value is -1.11. The molecule has 0 atom stereocenters. The fourth-order valence-corrected chi connectivity index (χ4v) is 2.47. The van der Waals surface area contributed by atoms with Crippen molar-refractivity contribution in [3.63, 3.8) is 0 Å². The van der Waals surface area contributed by atoms with E-state index in [-0.39, 0.29) is 15.8 Å². The highest BCUT2D eigenvalue weighted by Crippen LogP contribution is 2.29. The fraction of sp³-hybridized carbons (Fsp3) is 0.364. The van der Waals surface area contributed by atoms with E-state index in [9.17, 15) is 13.2 Å². The number of benzene rings is 1. The van der Waals surface area contributed by atoms with Gasteiger partial charge in [0.05, 0.1) is 15.6 Å². The van der Waals surface area contributed by atoms with E-state index in [1.54, 1.807) is 6.92 Å². The first-order valence-electron chi connectivity index (χ1n) is 5.38. The van der Waals surface area contributed by atoms with Crippen LogP contribution < -0.4 is 10.5 Å². The molecule has 7 heteroatoms. The minimum atomic E-state index is -3.80. The summed E-state index contributed by atoms with van der Waals surface area (Å²) in [4.78, 5) is 11.4. The molecule has 1 rings (SSSR count). The fourth-order valence-electron chi connectivity index (χ4n) is 1.46. The Morgan fingerprint density at radius 3 is 2.50 bits per heavy atom. The standard InChI is InChI=1S/C11H15ClN2O3S/c1-3-4-10(15)14-11-7(2)5-8(6-9(11)12)18(13,16)17/h5-6H,3-4H2,1-2H3,(H,14,15)(H2,13,16,17). The highest BCUT2D eigenvalue weighted by Gasteiger charge is 2.14. The molecule has 1 aromatic carbocycles. The van der Waals surface area contributed by atoms with Gasteiger partial charge >= 0.3 is 0 Å². The maximum absolute atomic E-state index is 11.5. The van der Waals surface area contributed by atoms with Crippen molar-refractivity contribution in [1.82, 2.24) is 0 Å². The number of amides is 1. The molecule has 0 radical (unpaired) electrons. The summed E-state index contributed by atoms with van der Waals surface area (Å²) in [6, 6.07) is 2.61. The van der Waals surface area contributed by atoms with Crippen LogP contribution in [-0.2, 0) is 14.8 Å². The summed E-state index contributed by atoms with van der Waals surface area (Å²) in [6.45, 7) is 3.54. The molecular weight excluding hydrogens is 276 g/mol. The minimum absolute atomic E-state index is 0.0708. The van der Waals surface area contributed by atoms with Crippen molar-refractivity contribution in [2.75, 3.05) is 5.32 Å². The normalized spacial score (nSPS) is 11.3. The van der Waals surface area contributed by atoms with E-state index in [0.29, 0.717) is 17.7 Å². The van der Waals surface area contributed by atoms with E-state index in [1.807, 2.05) is 6.92 Å². The van der Waals surface area contributed by atoms with E-state index >= 15 is 0 Å². The van der Waals surface area contributed by atoms with Crippen molar-refractivity contribution in [2.45, 2.75) is 31.6 Å². The Morgan fingerprint density at radius 2 is 2.06 bits per heavy atom. The van der Waals surface area contributed by atoms with Crippen molar-refractivity contribution in [1.29, 1.82) is 0 Å². The Labute approximate surface area is 111 Å². The smallest absolute Gasteiger partial charge is 0.238 e. The van der Waals surface area contributed by atoms with Crippen molar-refractivity contribution in [2.24, 2.45) is 5.14 Å². The van der Waals surface area contributed by atoms with Gasteiger partial charge in [-0.3, -0.25) is 4.79 Å². The molecule has 5 nitrogen and oxygen atoms in total. The molecule has 0 aliphatic carbocycles. The van der Waals surface area contributed by atoms with Crippen LogP contribution in [0, 0.1) is 6.92 Å². The van der Waals surface area contributed by atoms with Gasteiger partial charge in [0.25, 0.3) is 0 Å². The zero-order chi connectivity index (χ0) is 13.9. The van der Waals surface area contributed by atoms with E-state index < -0.39 is 10.0 Å². The lowest BCUT2D eigenvalue weighted by Gasteiger charge is -2.11. The molecule has 0 aromatic heterocycles. The van der Waals surface area contributed by atoms with Crippen molar-refractivity contribution in [3.8, 4) is 0 Å². The summed E-state index contributed by atoms with van der Waals surface area (Å²) in [5.41, 5.74) is 0.971. The molecule has 0 heterocycles. The topological polar surface area (TPSA) is 89.3 Å². The second-order valence-corrected chi connectivity index (χ2v) is 5.91. The molecule has 0 aliphatic rings. The first-order valence-corrected chi connectivity index (χ1v) is 7.31. The van der Waals surface area contributed by atoms with Crippen molar-refractivity contribution in [3.05, 3.63) is 22.7 Å². The number of nitrogens with one attached hydrogen (secondary N) is 1. The third-order valence-corrected chi connectivity index (χ3v) is 3.52. The predicted molar refractivity (Wildman–Crippen MR) is 71.1 cm³/mol. The predicted octanol–water partition coefficient (Wildman–Crippen LogP) is 2.03. The van der Waals surface area contributed by atoms with Crippen LogP contribution in [0.15, 0.2) is 17.0 Å². The third kappa shape index (κ3) is 3.69. The summed E-state index contributed by atoms with van der Waals surface area (Å²) in [7, 11) is -3.80. The molecule has 3 N–H and O–H groups in total. The molecule has 18 heavy (non-hydrogen) atoms. The van der Waals surface area contributed by atoms with Crippen LogP contribution in [0.25, 0.3) is 0 Å². The summed E-state index contributed by atoms with van der Waals surface area (Å²) in [6.07, 6.45) is 1.10. The second kappa shape index (κ2) is 5.69. The number of aryl methyl sites for hydroxylation is 1. The van der Waals surface area contributed by atoms with E-state index in [1.165, 1.54) is 12.1 Å². The second-order valence-electron chi connectivity index (χ2n) is 3.94. The van der Waals surface area contributed by atoms with Gasteiger partial charge in [-0.25, -0.2) is 13.6 Å². The molecule has 0 unspecified atom stereocenters. The number of sulfonamides is 1. The summed E-state index contributed by atoms with van der Waals surface area (Å²) in [5.74, 6) is -0.161.